The van der Waals surface area contributed by atoms with Gasteiger partial charge in [-0.2, -0.15) is 0 Å². The van der Waals surface area contributed by atoms with Gasteiger partial charge in [0.25, 0.3) is 0 Å². The summed E-state index contributed by atoms with van der Waals surface area (Å²) in [6.45, 7) is 3.45. The molecule has 1 aromatic rings. The second-order valence-electron chi connectivity index (χ2n) is 3.20. The summed E-state index contributed by atoms with van der Waals surface area (Å²) in [4.78, 5) is 27.0. The molecule has 0 aliphatic heterocycles. The van der Waals surface area contributed by atoms with Gasteiger partial charge in [0.05, 0.1) is 11.4 Å². The van der Waals surface area contributed by atoms with Gasteiger partial charge < -0.3 is 4.74 Å². The fourth-order valence-electron chi connectivity index (χ4n) is 1.02. The third-order valence-corrected chi connectivity index (χ3v) is 2.82. The van der Waals surface area contributed by atoms with E-state index in [4.69, 9.17) is 4.74 Å². The molecule has 1 atom stereocenters. The summed E-state index contributed by atoms with van der Waals surface area (Å²) in [7, 11) is 1.44. The molecule has 0 radical (unpaired) electrons. The van der Waals surface area contributed by atoms with Crippen molar-refractivity contribution in [3.05, 3.63) is 16.1 Å². The largest absolute Gasteiger partial charge is 0.374 e. The van der Waals surface area contributed by atoms with Crippen LogP contribution in [0.3, 0.4) is 0 Å². The Bertz CT molecular complexity index is 372. The molecule has 0 aromatic carbocycles. The van der Waals surface area contributed by atoms with Crippen molar-refractivity contribution in [2.45, 2.75) is 26.4 Å². The average molecular weight is 227 g/mol. The van der Waals surface area contributed by atoms with Gasteiger partial charge in [0.2, 0.25) is 0 Å². The minimum Gasteiger partial charge on any atom is -0.374 e. The standard InChI is InChI=1S/C10H13NO3S/c1-6(14-3)9(12)4-10(13)8-5-15-7(2)11-8/h5-6H,4H2,1-3H3. The zero-order valence-electron chi connectivity index (χ0n) is 8.94. The number of hydrogen-bond donors (Lipinski definition) is 0. The van der Waals surface area contributed by atoms with Crippen molar-refractivity contribution in [3.8, 4) is 0 Å². The van der Waals surface area contributed by atoms with E-state index < -0.39 is 6.10 Å². The molecular formula is C10H13NO3S. The minimum atomic E-state index is -0.534. The number of rotatable bonds is 5. The summed E-state index contributed by atoms with van der Waals surface area (Å²) >= 11 is 1.40. The van der Waals surface area contributed by atoms with Crippen LogP contribution in [0.4, 0.5) is 0 Å². The van der Waals surface area contributed by atoms with Gasteiger partial charge in [-0.15, -0.1) is 11.3 Å². The van der Waals surface area contributed by atoms with Gasteiger partial charge in [0, 0.05) is 12.5 Å². The Morgan fingerprint density at radius 3 is 2.73 bits per heavy atom. The predicted octanol–water partition coefficient (Wildman–Crippen LogP) is 1.63. The summed E-state index contributed by atoms with van der Waals surface area (Å²) in [5.74, 6) is -0.457. The highest BCUT2D eigenvalue weighted by molar-refractivity contribution is 7.09. The van der Waals surface area contributed by atoms with E-state index in [0.717, 1.165) is 5.01 Å². The number of carbonyl (C=O) groups excluding carboxylic acids is 2. The SMILES string of the molecule is COC(C)C(=O)CC(=O)c1csc(C)n1. The van der Waals surface area contributed by atoms with Crippen LogP contribution in [0.25, 0.3) is 0 Å². The van der Waals surface area contributed by atoms with Crippen LogP contribution in [0.15, 0.2) is 5.38 Å². The van der Waals surface area contributed by atoms with E-state index in [2.05, 4.69) is 4.98 Å². The van der Waals surface area contributed by atoms with E-state index >= 15 is 0 Å². The van der Waals surface area contributed by atoms with Gasteiger partial charge in [-0.25, -0.2) is 4.98 Å². The van der Waals surface area contributed by atoms with E-state index in [1.54, 1.807) is 12.3 Å². The second kappa shape index (κ2) is 5.14. The molecule has 0 aliphatic carbocycles. The van der Waals surface area contributed by atoms with E-state index in [9.17, 15) is 9.59 Å². The van der Waals surface area contributed by atoms with Crippen LogP contribution >= 0.6 is 11.3 Å². The molecule has 0 N–H and O–H groups in total. The molecule has 0 fully saturated rings. The minimum absolute atomic E-state index is 0.141. The molecule has 0 spiro atoms. The number of ether oxygens (including phenoxy) is 1. The predicted molar refractivity (Wildman–Crippen MR) is 57.3 cm³/mol. The fraction of sp³-hybridized carbons (Fsp3) is 0.500. The molecule has 0 saturated carbocycles. The van der Waals surface area contributed by atoms with Gasteiger partial charge in [-0.3, -0.25) is 9.59 Å². The molecule has 5 heteroatoms. The third kappa shape index (κ3) is 3.21. The van der Waals surface area contributed by atoms with E-state index in [1.807, 2.05) is 6.92 Å². The number of aryl methyl sites for hydroxylation is 1. The normalized spacial score (nSPS) is 12.5. The molecule has 82 valence electrons. The van der Waals surface area contributed by atoms with Crippen molar-refractivity contribution < 1.29 is 14.3 Å². The van der Waals surface area contributed by atoms with Crippen molar-refractivity contribution in [2.24, 2.45) is 0 Å². The molecule has 15 heavy (non-hydrogen) atoms. The third-order valence-electron chi connectivity index (χ3n) is 2.05. The Hall–Kier alpha value is -1.07. The second-order valence-corrected chi connectivity index (χ2v) is 4.26. The Kier molecular flexibility index (Phi) is 4.11. The van der Waals surface area contributed by atoms with Crippen LogP contribution in [-0.2, 0) is 9.53 Å². The maximum absolute atomic E-state index is 11.6. The highest BCUT2D eigenvalue weighted by Gasteiger charge is 2.18. The van der Waals surface area contributed by atoms with Crippen LogP contribution < -0.4 is 0 Å². The summed E-state index contributed by atoms with van der Waals surface area (Å²) in [6, 6.07) is 0. The molecule has 1 aromatic heterocycles. The Morgan fingerprint density at radius 1 is 1.60 bits per heavy atom. The number of nitrogens with zero attached hydrogens (tertiary/aromatic N) is 1. The van der Waals surface area contributed by atoms with Crippen molar-refractivity contribution in [1.29, 1.82) is 0 Å². The Balaban J connectivity index is 2.60. The van der Waals surface area contributed by atoms with Crippen LogP contribution in [0.1, 0.15) is 28.8 Å². The molecule has 1 unspecified atom stereocenters. The first kappa shape index (κ1) is 12.0. The number of carbonyl (C=O) groups is 2. The van der Waals surface area contributed by atoms with Crippen LogP contribution in [0.2, 0.25) is 0 Å². The summed E-state index contributed by atoms with van der Waals surface area (Å²) in [5.41, 5.74) is 0.370. The lowest BCUT2D eigenvalue weighted by atomic mass is 10.1. The molecule has 4 nitrogen and oxygen atoms in total. The molecule has 0 saturated heterocycles. The summed E-state index contributed by atoms with van der Waals surface area (Å²) in [5, 5.41) is 2.49. The van der Waals surface area contributed by atoms with Gasteiger partial charge in [-0.1, -0.05) is 0 Å². The van der Waals surface area contributed by atoms with Crippen LogP contribution in [-0.4, -0.2) is 29.8 Å². The molecule has 0 amide bonds. The molecule has 1 rings (SSSR count). The smallest absolute Gasteiger partial charge is 0.189 e. The van der Waals surface area contributed by atoms with Crippen molar-refractivity contribution in [2.75, 3.05) is 7.11 Å². The van der Waals surface area contributed by atoms with Gasteiger partial charge in [0.1, 0.15) is 11.8 Å². The lowest BCUT2D eigenvalue weighted by molar-refractivity contribution is -0.126. The van der Waals surface area contributed by atoms with Crippen molar-refractivity contribution in [3.63, 3.8) is 0 Å². The van der Waals surface area contributed by atoms with Crippen LogP contribution in [0.5, 0.6) is 0 Å². The Labute approximate surface area is 92.3 Å². The zero-order chi connectivity index (χ0) is 11.4. The zero-order valence-corrected chi connectivity index (χ0v) is 9.76. The first-order chi connectivity index (χ1) is 7.04. The maximum Gasteiger partial charge on any atom is 0.189 e. The van der Waals surface area contributed by atoms with E-state index in [1.165, 1.54) is 18.4 Å². The number of ketones is 2. The number of aromatic nitrogens is 1. The van der Waals surface area contributed by atoms with Crippen molar-refractivity contribution in [1.82, 2.24) is 4.98 Å². The van der Waals surface area contributed by atoms with E-state index in [0.29, 0.717) is 5.69 Å². The highest BCUT2D eigenvalue weighted by atomic mass is 32.1. The lowest BCUT2D eigenvalue weighted by Crippen LogP contribution is -2.22. The summed E-state index contributed by atoms with van der Waals surface area (Å²) < 4.78 is 4.83. The fourth-order valence-corrected chi connectivity index (χ4v) is 1.63. The quantitative estimate of drug-likeness (QED) is 0.566. The number of hydrogen-bond acceptors (Lipinski definition) is 5. The highest BCUT2D eigenvalue weighted by Crippen LogP contribution is 2.10. The number of methoxy groups -OCH3 is 1. The lowest BCUT2D eigenvalue weighted by Gasteiger charge is -2.06. The first-order valence-corrected chi connectivity index (χ1v) is 5.43. The van der Waals surface area contributed by atoms with Gasteiger partial charge in [-0.05, 0) is 13.8 Å². The van der Waals surface area contributed by atoms with Gasteiger partial charge in [0.15, 0.2) is 11.6 Å². The summed E-state index contributed by atoms with van der Waals surface area (Å²) in [6.07, 6.45) is -0.674. The topological polar surface area (TPSA) is 56.3 Å². The molecule has 1 heterocycles. The van der Waals surface area contributed by atoms with Crippen molar-refractivity contribution >= 4 is 22.9 Å². The number of Topliss-reactive ketones (excluding diaryl/α,β-unsaturated/α-hetero) is 2. The van der Waals surface area contributed by atoms with Gasteiger partial charge >= 0.3 is 0 Å². The molecular weight excluding hydrogens is 214 g/mol. The number of thiazole rings is 1. The maximum atomic E-state index is 11.6. The van der Waals surface area contributed by atoms with E-state index in [-0.39, 0.29) is 18.0 Å². The molecule has 0 bridgehead atoms. The molecule has 0 aliphatic rings. The first-order valence-electron chi connectivity index (χ1n) is 4.55. The monoisotopic (exact) mass is 227 g/mol. The van der Waals surface area contributed by atoms with Crippen LogP contribution in [0, 0.1) is 6.92 Å². The Morgan fingerprint density at radius 2 is 2.27 bits per heavy atom. The average Bonchev–Trinajstić information content (AvgIpc) is 2.63.